The van der Waals surface area contributed by atoms with Gasteiger partial charge >= 0.3 is 0 Å². The molecule has 0 bridgehead atoms. The molecule has 2 aliphatic rings. The Hall–Kier alpha value is -0.580. The van der Waals surface area contributed by atoms with Crippen LogP contribution in [0, 0.1) is 5.92 Å². The Morgan fingerprint density at radius 1 is 1.22 bits per heavy atom. The summed E-state index contributed by atoms with van der Waals surface area (Å²) in [6.45, 7) is 15.4. The number of halogens is 1. The highest BCUT2D eigenvalue weighted by Crippen LogP contribution is 2.22. The highest BCUT2D eigenvalue weighted by atomic mass is 127. The molecule has 1 aromatic heterocycles. The number of nitrogens with one attached hydrogen (secondary N) is 1. The van der Waals surface area contributed by atoms with Crippen LogP contribution in [0.4, 0.5) is 5.00 Å². The van der Waals surface area contributed by atoms with Crippen LogP contribution in [0.2, 0.25) is 0 Å². The third-order valence-electron chi connectivity index (χ3n) is 4.96. The second kappa shape index (κ2) is 12.1. The molecule has 8 heteroatoms. The number of guanidine groups is 1. The van der Waals surface area contributed by atoms with Gasteiger partial charge in [-0.25, -0.2) is 0 Å². The lowest BCUT2D eigenvalue weighted by Crippen LogP contribution is -2.52. The first-order valence-electron chi connectivity index (χ1n) is 9.88. The first-order chi connectivity index (χ1) is 12.8. The lowest BCUT2D eigenvalue weighted by atomic mass is 10.1. The first kappa shape index (κ1) is 22.7. The smallest absolute Gasteiger partial charge is 0.194 e. The monoisotopic (exact) mass is 507 g/mol. The van der Waals surface area contributed by atoms with Gasteiger partial charge in [-0.1, -0.05) is 6.92 Å². The fourth-order valence-corrected chi connectivity index (χ4v) is 4.32. The van der Waals surface area contributed by atoms with Crippen LogP contribution in [0.3, 0.4) is 0 Å². The summed E-state index contributed by atoms with van der Waals surface area (Å²) in [6, 6.07) is 4.35. The predicted octanol–water partition coefficient (Wildman–Crippen LogP) is 2.42. The number of aliphatic imine (C=N–C) groups is 1. The minimum Gasteiger partial charge on any atom is -0.379 e. The quantitative estimate of drug-likeness (QED) is 0.364. The molecule has 2 aliphatic heterocycles. The molecule has 0 aliphatic carbocycles. The number of ether oxygens (including phenoxy) is 1. The van der Waals surface area contributed by atoms with Crippen molar-refractivity contribution < 1.29 is 4.74 Å². The first-order valence-corrected chi connectivity index (χ1v) is 10.8. The van der Waals surface area contributed by atoms with Gasteiger partial charge in [0.2, 0.25) is 0 Å². The topological polar surface area (TPSA) is 43.3 Å². The summed E-state index contributed by atoms with van der Waals surface area (Å²) in [4.78, 5) is 12.3. The summed E-state index contributed by atoms with van der Waals surface area (Å²) in [6.07, 6.45) is 0. The fourth-order valence-electron chi connectivity index (χ4n) is 3.54. The average molecular weight is 507 g/mol. The van der Waals surface area contributed by atoms with Crippen molar-refractivity contribution in [3.63, 3.8) is 0 Å². The van der Waals surface area contributed by atoms with Crippen molar-refractivity contribution >= 4 is 46.3 Å². The molecule has 1 aromatic rings. The van der Waals surface area contributed by atoms with Gasteiger partial charge in [0, 0.05) is 58.9 Å². The second-order valence-corrected chi connectivity index (χ2v) is 8.06. The van der Waals surface area contributed by atoms with Gasteiger partial charge in [-0.05, 0) is 30.4 Å². The van der Waals surface area contributed by atoms with E-state index in [1.54, 1.807) is 0 Å². The van der Waals surface area contributed by atoms with Crippen LogP contribution in [-0.2, 0) is 4.74 Å². The molecule has 1 N–H and O–H groups in total. The second-order valence-electron chi connectivity index (χ2n) is 7.14. The highest BCUT2D eigenvalue weighted by Gasteiger charge is 2.20. The zero-order valence-electron chi connectivity index (χ0n) is 16.6. The summed E-state index contributed by atoms with van der Waals surface area (Å²) < 4.78 is 5.44. The van der Waals surface area contributed by atoms with Gasteiger partial charge in [0.15, 0.2) is 5.96 Å². The Balaban J connectivity index is 0.00000261. The predicted molar refractivity (Wildman–Crippen MR) is 126 cm³/mol. The SMILES string of the molecule is CCNC(=NCC(C)CN1CCOCC1)N1CCN(c2cccs2)CC1.I. The van der Waals surface area contributed by atoms with Crippen LogP contribution in [0.5, 0.6) is 0 Å². The van der Waals surface area contributed by atoms with Gasteiger partial charge in [0.05, 0.1) is 18.2 Å². The highest BCUT2D eigenvalue weighted by molar-refractivity contribution is 14.0. The van der Waals surface area contributed by atoms with Crippen molar-refractivity contribution in [3.8, 4) is 0 Å². The van der Waals surface area contributed by atoms with Gasteiger partial charge in [0.25, 0.3) is 0 Å². The number of hydrogen-bond acceptors (Lipinski definition) is 5. The van der Waals surface area contributed by atoms with E-state index in [2.05, 4.69) is 51.4 Å². The van der Waals surface area contributed by atoms with Gasteiger partial charge < -0.3 is 19.9 Å². The maximum absolute atomic E-state index is 5.44. The molecule has 0 amide bonds. The summed E-state index contributed by atoms with van der Waals surface area (Å²) in [5.41, 5.74) is 0. The minimum atomic E-state index is 0. The number of morpholine rings is 1. The molecule has 1 atom stereocenters. The number of thiophene rings is 1. The molecule has 0 radical (unpaired) electrons. The Morgan fingerprint density at radius 2 is 1.96 bits per heavy atom. The minimum absolute atomic E-state index is 0. The molecule has 6 nitrogen and oxygen atoms in total. The van der Waals surface area contributed by atoms with Crippen molar-refractivity contribution in [1.29, 1.82) is 0 Å². The van der Waals surface area contributed by atoms with Gasteiger partial charge in [-0.3, -0.25) is 9.89 Å². The number of piperazine rings is 1. The number of rotatable bonds is 6. The van der Waals surface area contributed by atoms with Crippen LogP contribution in [0.25, 0.3) is 0 Å². The van der Waals surface area contributed by atoms with Crippen molar-refractivity contribution in [2.75, 3.05) is 77.0 Å². The van der Waals surface area contributed by atoms with E-state index in [4.69, 9.17) is 9.73 Å². The maximum Gasteiger partial charge on any atom is 0.194 e. The van der Waals surface area contributed by atoms with Gasteiger partial charge in [-0.15, -0.1) is 35.3 Å². The van der Waals surface area contributed by atoms with Gasteiger partial charge in [0.1, 0.15) is 0 Å². The maximum atomic E-state index is 5.44. The molecule has 2 saturated heterocycles. The molecule has 3 rings (SSSR count). The normalized spacial score (nSPS) is 20.3. The number of nitrogens with zero attached hydrogens (tertiary/aromatic N) is 4. The lowest BCUT2D eigenvalue weighted by molar-refractivity contribution is 0.0323. The summed E-state index contributed by atoms with van der Waals surface area (Å²) >= 11 is 1.83. The lowest BCUT2D eigenvalue weighted by Gasteiger charge is -2.37. The van der Waals surface area contributed by atoms with E-state index >= 15 is 0 Å². The van der Waals surface area contributed by atoms with E-state index in [1.807, 2.05) is 11.3 Å². The van der Waals surface area contributed by atoms with Crippen molar-refractivity contribution in [3.05, 3.63) is 17.5 Å². The summed E-state index contributed by atoms with van der Waals surface area (Å²) in [5, 5.41) is 7.02. The van der Waals surface area contributed by atoms with E-state index in [-0.39, 0.29) is 24.0 Å². The van der Waals surface area contributed by atoms with E-state index < -0.39 is 0 Å². The van der Waals surface area contributed by atoms with E-state index in [0.29, 0.717) is 5.92 Å². The molecular formula is C19H34IN5OS. The van der Waals surface area contributed by atoms with Crippen LogP contribution in [0.1, 0.15) is 13.8 Å². The van der Waals surface area contributed by atoms with Crippen molar-refractivity contribution in [2.45, 2.75) is 13.8 Å². The van der Waals surface area contributed by atoms with E-state index in [9.17, 15) is 0 Å². The Morgan fingerprint density at radius 3 is 2.59 bits per heavy atom. The molecular weight excluding hydrogens is 473 g/mol. The molecule has 0 spiro atoms. The molecule has 154 valence electrons. The third kappa shape index (κ3) is 7.07. The van der Waals surface area contributed by atoms with Crippen LogP contribution < -0.4 is 10.2 Å². The summed E-state index contributed by atoms with van der Waals surface area (Å²) in [7, 11) is 0. The zero-order valence-corrected chi connectivity index (χ0v) is 19.7. The van der Waals surface area contributed by atoms with E-state index in [1.165, 1.54) is 5.00 Å². The third-order valence-corrected chi connectivity index (χ3v) is 5.89. The molecule has 0 aromatic carbocycles. The van der Waals surface area contributed by atoms with Crippen LogP contribution >= 0.6 is 35.3 Å². The molecule has 0 saturated carbocycles. The van der Waals surface area contributed by atoms with Gasteiger partial charge in [-0.2, -0.15) is 0 Å². The van der Waals surface area contributed by atoms with Crippen molar-refractivity contribution in [1.82, 2.24) is 15.1 Å². The Kier molecular flexibility index (Phi) is 10.2. The molecule has 27 heavy (non-hydrogen) atoms. The standard InChI is InChI=1S/C19H33N5OS.HI/c1-3-20-19(21-15-17(2)16-22-10-12-25-13-11-22)24-8-6-23(7-9-24)18-5-4-14-26-18;/h4-5,14,17H,3,6-13,15-16H2,1-2H3,(H,20,21);1H. The molecule has 2 fully saturated rings. The Bertz CT molecular complexity index is 542. The summed E-state index contributed by atoms with van der Waals surface area (Å²) in [5.74, 6) is 1.64. The number of hydrogen-bond donors (Lipinski definition) is 1. The zero-order chi connectivity index (χ0) is 18.2. The molecule has 1 unspecified atom stereocenters. The van der Waals surface area contributed by atoms with Crippen LogP contribution in [-0.4, -0.2) is 87.9 Å². The largest absolute Gasteiger partial charge is 0.379 e. The Labute approximate surface area is 185 Å². The number of anilines is 1. The average Bonchev–Trinajstić information content (AvgIpc) is 3.21. The molecule has 3 heterocycles. The fraction of sp³-hybridized carbons (Fsp3) is 0.737. The van der Waals surface area contributed by atoms with Crippen LogP contribution in [0.15, 0.2) is 22.5 Å². The van der Waals surface area contributed by atoms with Crippen molar-refractivity contribution in [2.24, 2.45) is 10.9 Å². The van der Waals surface area contributed by atoms with E-state index in [0.717, 1.165) is 78.1 Å².